The van der Waals surface area contributed by atoms with E-state index in [1.54, 1.807) is 0 Å². The van der Waals surface area contributed by atoms with Crippen molar-refractivity contribution in [3.63, 3.8) is 0 Å². The molecule has 0 N–H and O–H groups in total. The van der Waals surface area contributed by atoms with Gasteiger partial charge in [0.2, 0.25) is 0 Å². The van der Waals surface area contributed by atoms with Gasteiger partial charge in [0.1, 0.15) is 0 Å². The second kappa shape index (κ2) is 2.88. The average Bonchev–Trinajstić information content (AvgIpc) is 2.13. The predicted molar refractivity (Wildman–Crippen MR) is 38.7 cm³/mol. The first-order valence-electron chi connectivity index (χ1n) is 3.37. The molecule has 0 aliphatic carbocycles. The zero-order valence-corrected chi connectivity index (χ0v) is 6.86. The maximum Gasteiger partial charge on any atom is 0.155 e. The summed E-state index contributed by atoms with van der Waals surface area (Å²) in [6.07, 6.45) is 1.58. The van der Waals surface area contributed by atoms with E-state index in [0.29, 0.717) is 12.4 Å². The van der Waals surface area contributed by atoms with Gasteiger partial charge in [-0.25, -0.2) is 8.42 Å². The maximum absolute atomic E-state index is 11.1. The lowest BCUT2D eigenvalue weighted by atomic mass is 10.3. The molecule has 0 spiro atoms. The summed E-state index contributed by atoms with van der Waals surface area (Å²) < 4.78 is 26.9. The topological polar surface area (TPSA) is 43.4 Å². The Bertz CT molecular complexity index is 195. The summed E-state index contributed by atoms with van der Waals surface area (Å²) in [5.74, 6) is 0.348. The summed E-state index contributed by atoms with van der Waals surface area (Å²) >= 11 is 0. The molecule has 0 aromatic rings. The number of sulfone groups is 1. The van der Waals surface area contributed by atoms with Crippen molar-refractivity contribution in [2.75, 3.05) is 19.5 Å². The molecular formula is C6H12O3S. The minimum Gasteiger partial charge on any atom is -0.383 e. The van der Waals surface area contributed by atoms with Crippen LogP contribution in [0.25, 0.3) is 0 Å². The lowest BCUT2D eigenvalue weighted by Crippen LogP contribution is -2.20. The first-order valence-corrected chi connectivity index (χ1v) is 5.09. The Morgan fingerprint density at radius 1 is 1.60 bits per heavy atom. The van der Waals surface area contributed by atoms with Crippen LogP contribution in [0, 0.1) is 0 Å². The largest absolute Gasteiger partial charge is 0.383 e. The summed E-state index contributed by atoms with van der Waals surface area (Å²) in [6.45, 7) is 0.363. The van der Waals surface area contributed by atoms with Crippen LogP contribution in [0.15, 0.2) is 0 Å². The molecule has 60 valence electrons. The van der Waals surface area contributed by atoms with E-state index in [4.69, 9.17) is 4.74 Å². The highest BCUT2D eigenvalue weighted by molar-refractivity contribution is 7.92. The van der Waals surface area contributed by atoms with Gasteiger partial charge in [-0.05, 0) is 12.8 Å². The fourth-order valence-electron chi connectivity index (χ4n) is 1.23. The summed E-state index contributed by atoms with van der Waals surface area (Å²) in [4.78, 5) is 0. The molecule has 0 bridgehead atoms. The van der Waals surface area contributed by atoms with Crippen molar-refractivity contribution in [2.45, 2.75) is 18.1 Å². The Morgan fingerprint density at radius 3 is 2.70 bits per heavy atom. The highest BCUT2D eigenvalue weighted by atomic mass is 32.2. The Kier molecular flexibility index (Phi) is 2.31. The number of hydrogen-bond acceptors (Lipinski definition) is 3. The third-order valence-electron chi connectivity index (χ3n) is 1.82. The molecule has 1 rings (SSSR count). The van der Waals surface area contributed by atoms with Crippen LogP contribution in [0.2, 0.25) is 0 Å². The Balaban J connectivity index is 2.60. The second-order valence-corrected chi connectivity index (χ2v) is 4.99. The van der Waals surface area contributed by atoms with Crippen molar-refractivity contribution >= 4 is 9.84 Å². The molecule has 3 nitrogen and oxygen atoms in total. The van der Waals surface area contributed by atoms with Crippen LogP contribution in [-0.2, 0) is 14.6 Å². The summed E-state index contributed by atoms with van der Waals surface area (Å²) in [6, 6.07) is 0. The number of methoxy groups -OCH3 is 1. The van der Waals surface area contributed by atoms with Gasteiger partial charge in [0.25, 0.3) is 0 Å². The fourth-order valence-corrected chi connectivity index (χ4v) is 3.00. The highest BCUT2D eigenvalue weighted by Crippen LogP contribution is 2.19. The number of ether oxygens (including phenoxy) is 1. The highest BCUT2D eigenvalue weighted by Gasteiger charge is 2.30. The normalized spacial score (nSPS) is 30.7. The van der Waals surface area contributed by atoms with E-state index in [0.717, 1.165) is 12.8 Å². The zero-order chi connectivity index (χ0) is 7.61. The average molecular weight is 164 g/mol. The lowest BCUT2D eigenvalue weighted by Gasteiger charge is -2.05. The maximum atomic E-state index is 11.1. The molecule has 1 aliphatic rings. The van der Waals surface area contributed by atoms with Crippen LogP contribution >= 0.6 is 0 Å². The van der Waals surface area contributed by atoms with Crippen molar-refractivity contribution in [2.24, 2.45) is 0 Å². The molecule has 10 heavy (non-hydrogen) atoms. The van der Waals surface area contributed by atoms with E-state index >= 15 is 0 Å². The molecule has 1 heterocycles. The Hall–Kier alpha value is -0.0900. The summed E-state index contributed by atoms with van der Waals surface area (Å²) in [7, 11) is -1.24. The Morgan fingerprint density at radius 2 is 2.30 bits per heavy atom. The van der Waals surface area contributed by atoms with Crippen LogP contribution in [0.4, 0.5) is 0 Å². The zero-order valence-electron chi connectivity index (χ0n) is 6.04. The van der Waals surface area contributed by atoms with Gasteiger partial charge in [-0.15, -0.1) is 0 Å². The summed E-state index contributed by atoms with van der Waals surface area (Å²) in [5, 5.41) is -0.225. The van der Waals surface area contributed by atoms with E-state index in [9.17, 15) is 8.42 Å². The minimum absolute atomic E-state index is 0.225. The quantitative estimate of drug-likeness (QED) is 0.586. The summed E-state index contributed by atoms with van der Waals surface area (Å²) in [5.41, 5.74) is 0. The van der Waals surface area contributed by atoms with Crippen LogP contribution in [0.5, 0.6) is 0 Å². The molecule has 1 atom stereocenters. The molecule has 1 fully saturated rings. The van der Waals surface area contributed by atoms with E-state index in [1.165, 1.54) is 7.11 Å². The first kappa shape index (κ1) is 8.01. The van der Waals surface area contributed by atoms with E-state index in [-0.39, 0.29) is 5.25 Å². The lowest BCUT2D eigenvalue weighted by molar-refractivity contribution is 0.196. The van der Waals surface area contributed by atoms with Crippen LogP contribution in [0.3, 0.4) is 0 Å². The van der Waals surface area contributed by atoms with Crippen molar-refractivity contribution < 1.29 is 13.2 Å². The molecule has 1 saturated heterocycles. The molecule has 0 saturated carbocycles. The van der Waals surface area contributed by atoms with Gasteiger partial charge in [0.15, 0.2) is 9.84 Å². The smallest absolute Gasteiger partial charge is 0.155 e. The molecule has 1 unspecified atom stereocenters. The van der Waals surface area contributed by atoms with Crippen LogP contribution < -0.4 is 0 Å². The first-order chi connectivity index (χ1) is 4.67. The second-order valence-electron chi connectivity index (χ2n) is 2.59. The van der Waals surface area contributed by atoms with Crippen molar-refractivity contribution in [1.82, 2.24) is 0 Å². The van der Waals surface area contributed by atoms with E-state index in [2.05, 4.69) is 0 Å². The number of rotatable bonds is 2. The molecule has 1 aliphatic heterocycles. The fraction of sp³-hybridized carbons (Fsp3) is 1.00. The molecular weight excluding hydrogens is 152 g/mol. The van der Waals surface area contributed by atoms with E-state index < -0.39 is 9.84 Å². The van der Waals surface area contributed by atoms with Crippen molar-refractivity contribution in [1.29, 1.82) is 0 Å². The van der Waals surface area contributed by atoms with Crippen LogP contribution in [0.1, 0.15) is 12.8 Å². The van der Waals surface area contributed by atoms with Crippen molar-refractivity contribution in [3.8, 4) is 0 Å². The van der Waals surface area contributed by atoms with Gasteiger partial charge in [0, 0.05) is 7.11 Å². The van der Waals surface area contributed by atoms with E-state index in [1.807, 2.05) is 0 Å². The van der Waals surface area contributed by atoms with Gasteiger partial charge >= 0.3 is 0 Å². The van der Waals surface area contributed by atoms with Crippen molar-refractivity contribution in [3.05, 3.63) is 0 Å². The minimum atomic E-state index is -2.77. The van der Waals surface area contributed by atoms with Gasteiger partial charge in [-0.3, -0.25) is 0 Å². The molecule has 0 radical (unpaired) electrons. The molecule has 0 aromatic carbocycles. The number of hydrogen-bond donors (Lipinski definition) is 0. The Labute approximate surface area is 61.3 Å². The van der Waals surface area contributed by atoms with Gasteiger partial charge in [-0.1, -0.05) is 0 Å². The molecule has 0 amide bonds. The van der Waals surface area contributed by atoms with Gasteiger partial charge < -0.3 is 4.74 Å². The van der Waals surface area contributed by atoms with Gasteiger partial charge in [0.05, 0.1) is 17.6 Å². The molecule has 0 aromatic heterocycles. The third-order valence-corrected chi connectivity index (χ3v) is 4.06. The third kappa shape index (κ3) is 1.49. The van der Waals surface area contributed by atoms with Gasteiger partial charge in [-0.2, -0.15) is 0 Å². The molecule has 4 heteroatoms. The SMILES string of the molecule is COCC1CCCS1(=O)=O. The standard InChI is InChI=1S/C6H12O3S/c1-9-5-6-3-2-4-10(6,7)8/h6H,2-5H2,1H3. The predicted octanol–water partition coefficient (Wildman–Crippen LogP) is 0.210. The monoisotopic (exact) mass is 164 g/mol. The van der Waals surface area contributed by atoms with Crippen LogP contribution in [-0.4, -0.2) is 33.1 Å².